The second-order valence-corrected chi connectivity index (χ2v) is 6.63. The summed E-state index contributed by atoms with van der Waals surface area (Å²) in [6.07, 6.45) is 0. The number of rotatable bonds is 7. The molecule has 0 aliphatic heterocycles. The van der Waals surface area contributed by atoms with Gasteiger partial charge in [-0.2, -0.15) is 0 Å². The maximum atomic E-state index is 12.0. The Labute approximate surface area is 176 Å². The normalized spacial score (nSPS) is 10.8. The van der Waals surface area contributed by atoms with Crippen LogP contribution in [0.25, 0.3) is 0 Å². The first-order valence-corrected chi connectivity index (χ1v) is 9.21. The van der Waals surface area contributed by atoms with Gasteiger partial charge in [0, 0.05) is 31.1 Å². The molecule has 0 saturated carbocycles. The predicted molar refractivity (Wildman–Crippen MR) is 118 cm³/mol. The van der Waals surface area contributed by atoms with Gasteiger partial charge in [-0.25, -0.2) is 4.98 Å². The molecule has 1 aromatic carbocycles. The summed E-state index contributed by atoms with van der Waals surface area (Å²) < 4.78 is 0. The molecule has 0 saturated heterocycles. The molecular weight excluding hydrogens is 461 g/mol. The number of aromatic nitrogens is 1. The van der Waals surface area contributed by atoms with Crippen molar-refractivity contribution in [3.8, 4) is 0 Å². The summed E-state index contributed by atoms with van der Waals surface area (Å²) in [5.74, 6) is 0.731. The topological polar surface area (TPSA) is 69.6 Å². The van der Waals surface area contributed by atoms with Crippen molar-refractivity contribution in [3.05, 3.63) is 52.0 Å². The van der Waals surface area contributed by atoms with Crippen LogP contribution in [-0.4, -0.2) is 48.4 Å². The summed E-state index contributed by atoms with van der Waals surface area (Å²) >= 11 is 1.65. The zero-order valence-corrected chi connectivity index (χ0v) is 18.5. The molecule has 1 heterocycles. The SMILES string of the molecule is CCNC(=NCCNC(=O)c1ccccc1)N(C)Cc1csc(C)n1.I. The minimum atomic E-state index is -0.0768. The van der Waals surface area contributed by atoms with Crippen LogP contribution in [0, 0.1) is 6.92 Å². The molecule has 0 spiro atoms. The van der Waals surface area contributed by atoms with Gasteiger partial charge in [-0.3, -0.25) is 9.79 Å². The monoisotopic (exact) mass is 487 g/mol. The fourth-order valence-corrected chi connectivity index (χ4v) is 2.90. The van der Waals surface area contributed by atoms with Gasteiger partial charge >= 0.3 is 0 Å². The highest BCUT2D eigenvalue weighted by atomic mass is 127. The minimum absolute atomic E-state index is 0. The van der Waals surface area contributed by atoms with E-state index in [0.717, 1.165) is 23.2 Å². The average molecular weight is 487 g/mol. The number of hydrogen-bond donors (Lipinski definition) is 2. The Bertz CT molecular complexity index is 705. The minimum Gasteiger partial charge on any atom is -0.357 e. The number of aryl methyl sites for hydroxylation is 1. The molecule has 26 heavy (non-hydrogen) atoms. The van der Waals surface area contributed by atoms with Crippen LogP contribution in [0.2, 0.25) is 0 Å². The summed E-state index contributed by atoms with van der Waals surface area (Å²) in [5.41, 5.74) is 1.70. The van der Waals surface area contributed by atoms with Gasteiger partial charge < -0.3 is 15.5 Å². The maximum absolute atomic E-state index is 12.0. The van der Waals surface area contributed by atoms with Crippen molar-refractivity contribution in [1.82, 2.24) is 20.5 Å². The standard InChI is InChI=1S/C18H25N5OS.HI/c1-4-19-18(23(3)12-16-13-25-14(2)22-16)21-11-10-20-17(24)15-8-6-5-7-9-15;/h5-9,13H,4,10-12H2,1-3H3,(H,19,21)(H,20,24);1H. The van der Waals surface area contributed by atoms with Crippen LogP contribution in [0.5, 0.6) is 0 Å². The third-order valence-corrected chi connectivity index (χ3v) is 4.28. The molecule has 0 aliphatic rings. The number of guanidine groups is 1. The molecule has 1 aromatic heterocycles. The van der Waals surface area contributed by atoms with Crippen molar-refractivity contribution in [2.24, 2.45) is 4.99 Å². The third-order valence-electron chi connectivity index (χ3n) is 3.46. The number of halogens is 1. The number of hydrogen-bond acceptors (Lipinski definition) is 4. The highest BCUT2D eigenvalue weighted by Crippen LogP contribution is 2.09. The Balaban J connectivity index is 0.00000338. The largest absolute Gasteiger partial charge is 0.357 e. The smallest absolute Gasteiger partial charge is 0.251 e. The van der Waals surface area contributed by atoms with Crippen molar-refractivity contribution >= 4 is 47.2 Å². The molecular formula is C18H26IN5OS. The number of amides is 1. The van der Waals surface area contributed by atoms with Crippen LogP contribution in [-0.2, 0) is 6.54 Å². The van der Waals surface area contributed by atoms with Crippen LogP contribution < -0.4 is 10.6 Å². The molecule has 1 amide bonds. The zero-order chi connectivity index (χ0) is 18.1. The van der Waals surface area contributed by atoms with Crippen molar-refractivity contribution in [1.29, 1.82) is 0 Å². The first-order valence-electron chi connectivity index (χ1n) is 8.34. The van der Waals surface area contributed by atoms with Crippen molar-refractivity contribution in [2.75, 3.05) is 26.7 Å². The lowest BCUT2D eigenvalue weighted by molar-refractivity contribution is 0.0955. The van der Waals surface area contributed by atoms with E-state index in [1.807, 2.05) is 44.0 Å². The number of thiazole rings is 1. The van der Waals surface area contributed by atoms with E-state index in [0.29, 0.717) is 25.2 Å². The lowest BCUT2D eigenvalue weighted by Gasteiger charge is -2.21. The molecule has 8 heteroatoms. The van der Waals surface area contributed by atoms with E-state index in [-0.39, 0.29) is 29.9 Å². The van der Waals surface area contributed by atoms with Crippen molar-refractivity contribution < 1.29 is 4.79 Å². The predicted octanol–water partition coefficient (Wildman–Crippen LogP) is 2.90. The fourth-order valence-electron chi connectivity index (χ4n) is 2.29. The summed E-state index contributed by atoms with van der Waals surface area (Å²) in [7, 11) is 1.98. The number of aliphatic imine (C=N–C) groups is 1. The molecule has 0 unspecified atom stereocenters. The van der Waals surface area contributed by atoms with Gasteiger partial charge in [-0.05, 0) is 26.0 Å². The molecule has 0 fully saturated rings. The first kappa shape index (κ1) is 22.4. The lowest BCUT2D eigenvalue weighted by atomic mass is 10.2. The molecule has 6 nitrogen and oxygen atoms in total. The Hall–Kier alpha value is -1.68. The molecule has 0 bridgehead atoms. The van der Waals surface area contributed by atoms with E-state index in [2.05, 4.69) is 26.0 Å². The van der Waals surface area contributed by atoms with E-state index in [1.54, 1.807) is 23.5 Å². The van der Waals surface area contributed by atoms with Gasteiger partial charge in [0.1, 0.15) is 0 Å². The molecule has 0 radical (unpaired) electrons. The fraction of sp³-hybridized carbons (Fsp3) is 0.389. The summed E-state index contributed by atoms with van der Waals surface area (Å²) in [6.45, 7) is 6.53. The van der Waals surface area contributed by atoms with E-state index in [1.165, 1.54) is 0 Å². The zero-order valence-electron chi connectivity index (χ0n) is 15.4. The lowest BCUT2D eigenvalue weighted by Crippen LogP contribution is -2.39. The van der Waals surface area contributed by atoms with Gasteiger partial charge in [0.25, 0.3) is 5.91 Å². The molecule has 2 rings (SSSR count). The molecule has 142 valence electrons. The first-order chi connectivity index (χ1) is 12.1. The van der Waals surface area contributed by atoms with E-state index in [4.69, 9.17) is 0 Å². The van der Waals surface area contributed by atoms with Crippen LogP contribution >= 0.6 is 35.3 Å². The van der Waals surface area contributed by atoms with Crippen LogP contribution in [0.15, 0.2) is 40.7 Å². The van der Waals surface area contributed by atoms with Gasteiger partial charge in [-0.1, -0.05) is 18.2 Å². The molecule has 0 aliphatic carbocycles. The highest BCUT2D eigenvalue weighted by Gasteiger charge is 2.08. The third kappa shape index (κ3) is 7.28. The van der Waals surface area contributed by atoms with Crippen molar-refractivity contribution in [2.45, 2.75) is 20.4 Å². The molecule has 0 atom stereocenters. The van der Waals surface area contributed by atoms with Gasteiger partial charge in [-0.15, -0.1) is 35.3 Å². The van der Waals surface area contributed by atoms with E-state index in [9.17, 15) is 4.79 Å². The van der Waals surface area contributed by atoms with Gasteiger partial charge in [0.2, 0.25) is 0 Å². The molecule has 2 aromatic rings. The van der Waals surface area contributed by atoms with Gasteiger partial charge in [0.15, 0.2) is 5.96 Å². The van der Waals surface area contributed by atoms with Crippen LogP contribution in [0.4, 0.5) is 0 Å². The number of carbonyl (C=O) groups excluding carboxylic acids is 1. The van der Waals surface area contributed by atoms with Crippen LogP contribution in [0.1, 0.15) is 28.0 Å². The van der Waals surface area contributed by atoms with E-state index >= 15 is 0 Å². The van der Waals surface area contributed by atoms with Crippen LogP contribution in [0.3, 0.4) is 0 Å². The number of nitrogens with one attached hydrogen (secondary N) is 2. The Kier molecular flexibility index (Phi) is 10.2. The highest BCUT2D eigenvalue weighted by molar-refractivity contribution is 14.0. The Morgan fingerprint density at radius 1 is 1.27 bits per heavy atom. The average Bonchev–Trinajstić information content (AvgIpc) is 3.02. The summed E-state index contributed by atoms with van der Waals surface area (Å²) in [6, 6.07) is 9.19. The van der Waals surface area contributed by atoms with E-state index < -0.39 is 0 Å². The number of nitrogens with zero attached hydrogens (tertiary/aromatic N) is 3. The Morgan fingerprint density at radius 3 is 2.62 bits per heavy atom. The molecule has 2 N–H and O–H groups in total. The second-order valence-electron chi connectivity index (χ2n) is 5.57. The maximum Gasteiger partial charge on any atom is 0.251 e. The summed E-state index contributed by atoms with van der Waals surface area (Å²) in [4.78, 5) is 23.1. The number of carbonyl (C=O) groups is 1. The quantitative estimate of drug-likeness (QED) is 0.273. The Morgan fingerprint density at radius 2 is 2.00 bits per heavy atom. The second kappa shape index (κ2) is 11.8. The number of benzene rings is 1. The van der Waals surface area contributed by atoms with Crippen molar-refractivity contribution in [3.63, 3.8) is 0 Å². The summed E-state index contributed by atoms with van der Waals surface area (Å²) in [5, 5.41) is 9.28. The van der Waals surface area contributed by atoms with Gasteiger partial charge in [0.05, 0.1) is 23.8 Å².